The van der Waals surface area contributed by atoms with Gasteiger partial charge in [0.05, 0.1) is 11.1 Å². The topological polar surface area (TPSA) is 38.1 Å². The highest BCUT2D eigenvalue weighted by atomic mass is 79.9. The molecule has 2 aromatic heterocycles. The van der Waals surface area contributed by atoms with Crippen LogP contribution in [0.15, 0.2) is 26.5 Å². The zero-order valence-corrected chi connectivity index (χ0v) is 13.2. The summed E-state index contributed by atoms with van der Waals surface area (Å²) >= 11 is 5.15. The number of hydrogen-bond acceptors (Lipinski definition) is 4. The van der Waals surface area contributed by atoms with Crippen molar-refractivity contribution in [2.24, 2.45) is 0 Å². The van der Waals surface area contributed by atoms with Gasteiger partial charge in [0.25, 0.3) is 0 Å². The van der Waals surface area contributed by atoms with Crippen molar-refractivity contribution in [1.29, 1.82) is 0 Å². The quantitative estimate of drug-likeness (QED) is 0.918. The molecular weight excluding hydrogens is 312 g/mol. The summed E-state index contributed by atoms with van der Waals surface area (Å²) in [7, 11) is 0. The third-order valence-electron chi connectivity index (χ3n) is 2.39. The summed E-state index contributed by atoms with van der Waals surface area (Å²) in [6, 6.07) is 2.02. The Bertz CT molecular complexity index is 513. The SMILES string of the molecule is CC(C)(C)NCCc1ncc(-c2sccc2Br)o1. The van der Waals surface area contributed by atoms with Gasteiger partial charge in [-0.2, -0.15) is 0 Å². The van der Waals surface area contributed by atoms with Crippen LogP contribution >= 0.6 is 27.3 Å². The van der Waals surface area contributed by atoms with Crippen molar-refractivity contribution in [3.63, 3.8) is 0 Å². The van der Waals surface area contributed by atoms with Gasteiger partial charge in [0.1, 0.15) is 0 Å². The highest BCUT2D eigenvalue weighted by molar-refractivity contribution is 9.10. The normalized spacial score (nSPS) is 12.0. The van der Waals surface area contributed by atoms with Crippen molar-refractivity contribution in [2.75, 3.05) is 6.54 Å². The van der Waals surface area contributed by atoms with Crippen LogP contribution in [-0.2, 0) is 6.42 Å². The molecule has 98 valence electrons. The van der Waals surface area contributed by atoms with Crippen LogP contribution in [0.4, 0.5) is 0 Å². The van der Waals surface area contributed by atoms with Crippen LogP contribution in [-0.4, -0.2) is 17.1 Å². The average molecular weight is 329 g/mol. The second-order valence-corrected chi connectivity index (χ2v) is 6.91. The predicted molar refractivity (Wildman–Crippen MR) is 79.0 cm³/mol. The minimum absolute atomic E-state index is 0.131. The summed E-state index contributed by atoms with van der Waals surface area (Å²) < 4.78 is 6.81. The van der Waals surface area contributed by atoms with Crippen molar-refractivity contribution >= 4 is 27.3 Å². The molecule has 0 atom stereocenters. The minimum Gasteiger partial charge on any atom is -0.440 e. The van der Waals surface area contributed by atoms with E-state index < -0.39 is 0 Å². The lowest BCUT2D eigenvalue weighted by Crippen LogP contribution is -2.37. The Morgan fingerprint density at radius 2 is 2.22 bits per heavy atom. The summed E-state index contributed by atoms with van der Waals surface area (Å²) in [4.78, 5) is 5.41. The highest BCUT2D eigenvalue weighted by Crippen LogP contribution is 2.33. The van der Waals surface area contributed by atoms with E-state index in [-0.39, 0.29) is 5.54 Å². The van der Waals surface area contributed by atoms with Gasteiger partial charge in [-0.1, -0.05) is 0 Å². The van der Waals surface area contributed by atoms with Crippen molar-refractivity contribution in [2.45, 2.75) is 32.7 Å². The maximum absolute atomic E-state index is 5.75. The number of halogens is 1. The van der Waals surface area contributed by atoms with Crippen LogP contribution in [0.1, 0.15) is 26.7 Å². The Morgan fingerprint density at radius 1 is 1.44 bits per heavy atom. The average Bonchev–Trinajstić information content (AvgIpc) is 2.84. The zero-order chi connectivity index (χ0) is 13.2. The number of nitrogens with one attached hydrogen (secondary N) is 1. The molecule has 0 radical (unpaired) electrons. The first-order valence-electron chi connectivity index (χ1n) is 5.89. The van der Waals surface area contributed by atoms with Crippen LogP contribution < -0.4 is 5.32 Å². The molecule has 0 amide bonds. The van der Waals surface area contributed by atoms with Crippen molar-refractivity contribution < 1.29 is 4.42 Å². The molecular formula is C13H17BrN2OS. The van der Waals surface area contributed by atoms with Crippen LogP contribution in [0.2, 0.25) is 0 Å². The minimum atomic E-state index is 0.131. The molecule has 2 heterocycles. The second-order valence-electron chi connectivity index (χ2n) is 5.14. The Labute approximate surface area is 120 Å². The lowest BCUT2D eigenvalue weighted by molar-refractivity contribution is 0.412. The number of aromatic nitrogens is 1. The smallest absolute Gasteiger partial charge is 0.196 e. The molecule has 0 unspecified atom stereocenters. The molecule has 18 heavy (non-hydrogen) atoms. The van der Waals surface area contributed by atoms with E-state index >= 15 is 0 Å². The molecule has 2 rings (SSSR count). The molecule has 0 saturated carbocycles. The van der Waals surface area contributed by atoms with Gasteiger partial charge in [-0.15, -0.1) is 11.3 Å². The molecule has 0 fully saturated rings. The highest BCUT2D eigenvalue weighted by Gasteiger charge is 2.12. The van der Waals surface area contributed by atoms with E-state index in [1.807, 2.05) is 11.4 Å². The first kappa shape index (κ1) is 13.8. The van der Waals surface area contributed by atoms with E-state index in [9.17, 15) is 0 Å². The first-order valence-corrected chi connectivity index (χ1v) is 7.56. The van der Waals surface area contributed by atoms with Gasteiger partial charge in [0, 0.05) is 23.0 Å². The fourth-order valence-corrected chi connectivity index (χ4v) is 3.06. The molecule has 0 spiro atoms. The maximum atomic E-state index is 5.75. The van der Waals surface area contributed by atoms with Crippen LogP contribution in [0.25, 0.3) is 10.6 Å². The second kappa shape index (κ2) is 5.55. The molecule has 0 saturated heterocycles. The fourth-order valence-electron chi connectivity index (χ4n) is 1.54. The van der Waals surface area contributed by atoms with Crippen LogP contribution in [0.3, 0.4) is 0 Å². The van der Waals surface area contributed by atoms with Gasteiger partial charge in [-0.25, -0.2) is 4.98 Å². The van der Waals surface area contributed by atoms with Gasteiger partial charge in [0.15, 0.2) is 11.7 Å². The molecule has 2 aromatic rings. The molecule has 0 bridgehead atoms. The van der Waals surface area contributed by atoms with Crippen molar-refractivity contribution in [3.8, 4) is 10.6 Å². The molecule has 0 aliphatic heterocycles. The van der Waals surface area contributed by atoms with E-state index in [1.165, 1.54) is 0 Å². The zero-order valence-electron chi connectivity index (χ0n) is 10.8. The monoisotopic (exact) mass is 328 g/mol. The Kier molecular flexibility index (Phi) is 4.25. The standard InChI is InChI=1S/C13H17BrN2OS/c1-13(2,3)16-6-4-11-15-8-10(17-11)12-9(14)5-7-18-12/h5,7-8,16H,4,6H2,1-3H3. The largest absolute Gasteiger partial charge is 0.440 e. The molecule has 0 aliphatic carbocycles. The molecule has 0 aromatic carbocycles. The lowest BCUT2D eigenvalue weighted by Gasteiger charge is -2.19. The number of rotatable bonds is 4. The number of nitrogens with zero attached hydrogens (tertiary/aromatic N) is 1. The first-order chi connectivity index (χ1) is 8.46. The summed E-state index contributed by atoms with van der Waals surface area (Å²) in [5.74, 6) is 1.62. The van der Waals surface area contributed by atoms with E-state index in [2.05, 4.69) is 47.0 Å². The van der Waals surface area contributed by atoms with E-state index in [0.29, 0.717) is 0 Å². The van der Waals surface area contributed by atoms with Gasteiger partial charge in [0.2, 0.25) is 0 Å². The van der Waals surface area contributed by atoms with E-state index in [0.717, 1.165) is 34.0 Å². The molecule has 3 nitrogen and oxygen atoms in total. The maximum Gasteiger partial charge on any atom is 0.196 e. The van der Waals surface area contributed by atoms with Gasteiger partial charge in [-0.3, -0.25) is 0 Å². The van der Waals surface area contributed by atoms with Crippen LogP contribution in [0.5, 0.6) is 0 Å². The Morgan fingerprint density at radius 3 is 2.83 bits per heavy atom. The third kappa shape index (κ3) is 3.67. The molecule has 1 N–H and O–H groups in total. The molecule has 0 aliphatic rings. The number of hydrogen-bond donors (Lipinski definition) is 1. The fraction of sp³-hybridized carbons (Fsp3) is 0.462. The number of oxazole rings is 1. The summed E-state index contributed by atoms with van der Waals surface area (Å²) in [5, 5.41) is 5.45. The molecule has 5 heteroatoms. The van der Waals surface area contributed by atoms with Crippen molar-refractivity contribution in [1.82, 2.24) is 10.3 Å². The van der Waals surface area contributed by atoms with Crippen molar-refractivity contribution in [3.05, 3.63) is 28.0 Å². The summed E-state index contributed by atoms with van der Waals surface area (Å²) in [5.41, 5.74) is 0.131. The van der Waals surface area contributed by atoms with Gasteiger partial charge < -0.3 is 9.73 Å². The Balaban J connectivity index is 1.97. The van der Waals surface area contributed by atoms with Gasteiger partial charge in [-0.05, 0) is 48.1 Å². The third-order valence-corrected chi connectivity index (χ3v) is 4.24. The summed E-state index contributed by atoms with van der Waals surface area (Å²) in [6.07, 6.45) is 2.60. The lowest BCUT2D eigenvalue weighted by atomic mass is 10.1. The number of thiophene rings is 1. The van der Waals surface area contributed by atoms with E-state index in [4.69, 9.17) is 4.42 Å². The van der Waals surface area contributed by atoms with Gasteiger partial charge >= 0.3 is 0 Å². The van der Waals surface area contributed by atoms with E-state index in [1.54, 1.807) is 17.5 Å². The summed E-state index contributed by atoms with van der Waals surface area (Å²) in [6.45, 7) is 7.32. The predicted octanol–water partition coefficient (Wildman–Crippen LogP) is 4.10. The van der Waals surface area contributed by atoms with Crippen LogP contribution in [0, 0.1) is 0 Å². The Hall–Kier alpha value is -0.650.